The lowest BCUT2D eigenvalue weighted by atomic mass is 9.94. The molecule has 0 saturated carbocycles. The van der Waals surface area contributed by atoms with Gasteiger partial charge in [-0.15, -0.1) is 0 Å². The molecule has 0 amide bonds. The number of benzene rings is 2. The molecule has 0 saturated heterocycles. The molecular weight excluding hydrogens is 382 g/mol. The molecular formula is C18H9N5O6. The molecule has 0 aromatic heterocycles. The summed E-state index contributed by atoms with van der Waals surface area (Å²) in [6.45, 7) is 0. The fourth-order valence-electron chi connectivity index (χ4n) is 3.37. The van der Waals surface area contributed by atoms with Crippen LogP contribution in [0.1, 0.15) is 24.0 Å². The number of hydrogen-bond donors (Lipinski definition) is 0. The predicted octanol–water partition coefficient (Wildman–Crippen LogP) is 4.02. The van der Waals surface area contributed by atoms with Crippen LogP contribution in [0.2, 0.25) is 0 Å². The maximum absolute atomic E-state index is 11.6. The van der Waals surface area contributed by atoms with Crippen LogP contribution in [-0.4, -0.2) is 14.8 Å². The Labute approximate surface area is 162 Å². The van der Waals surface area contributed by atoms with Gasteiger partial charge < -0.3 is 0 Å². The van der Waals surface area contributed by atoms with Gasteiger partial charge >= 0.3 is 0 Å². The van der Waals surface area contributed by atoms with Gasteiger partial charge in [0.05, 0.1) is 51.4 Å². The standard InChI is InChI=1S/C18H9N5O6/c19-5-3-10(4-6-20)17-14-7-11(21(24)25)1-2-13(14)18-15(17)8-12(22(26)27)9-16(18)23(28)29/h1-2,7-9H,3-4H2. The summed E-state index contributed by atoms with van der Waals surface area (Å²) in [4.78, 5) is 31.9. The predicted molar refractivity (Wildman–Crippen MR) is 98.3 cm³/mol. The van der Waals surface area contributed by atoms with Crippen molar-refractivity contribution in [3.05, 3.63) is 77.4 Å². The summed E-state index contributed by atoms with van der Waals surface area (Å²) in [5.74, 6) is 0. The van der Waals surface area contributed by atoms with Gasteiger partial charge in [0.1, 0.15) is 0 Å². The van der Waals surface area contributed by atoms with Gasteiger partial charge in [-0.2, -0.15) is 10.5 Å². The molecule has 0 N–H and O–H groups in total. The highest BCUT2D eigenvalue weighted by molar-refractivity contribution is 6.06. The van der Waals surface area contributed by atoms with Gasteiger partial charge in [-0.25, -0.2) is 0 Å². The van der Waals surface area contributed by atoms with Crippen LogP contribution in [0.4, 0.5) is 17.1 Å². The molecule has 2 aromatic carbocycles. The first-order chi connectivity index (χ1) is 13.8. The maximum Gasteiger partial charge on any atom is 0.284 e. The molecule has 0 aliphatic heterocycles. The zero-order valence-corrected chi connectivity index (χ0v) is 14.5. The Hall–Kier alpha value is -4.64. The fourth-order valence-corrected chi connectivity index (χ4v) is 3.37. The Morgan fingerprint density at radius 2 is 1.38 bits per heavy atom. The normalized spacial score (nSPS) is 11.0. The average molecular weight is 391 g/mol. The van der Waals surface area contributed by atoms with Crippen molar-refractivity contribution in [1.29, 1.82) is 10.5 Å². The second-order valence-corrected chi connectivity index (χ2v) is 6.04. The van der Waals surface area contributed by atoms with Gasteiger partial charge in [-0.3, -0.25) is 30.3 Å². The third-order valence-electron chi connectivity index (χ3n) is 4.47. The Kier molecular flexibility index (Phi) is 4.73. The molecule has 142 valence electrons. The van der Waals surface area contributed by atoms with Crippen LogP contribution in [0.15, 0.2) is 35.9 Å². The van der Waals surface area contributed by atoms with E-state index in [1.165, 1.54) is 18.2 Å². The van der Waals surface area contributed by atoms with E-state index in [1.807, 2.05) is 12.1 Å². The van der Waals surface area contributed by atoms with Gasteiger partial charge in [0, 0.05) is 23.8 Å². The molecule has 0 heterocycles. The summed E-state index contributed by atoms with van der Waals surface area (Å²) < 4.78 is 0. The lowest BCUT2D eigenvalue weighted by molar-refractivity contribution is -0.393. The van der Waals surface area contributed by atoms with Crippen LogP contribution < -0.4 is 0 Å². The van der Waals surface area contributed by atoms with Crippen LogP contribution in [0.25, 0.3) is 16.7 Å². The minimum atomic E-state index is -0.787. The van der Waals surface area contributed by atoms with Crippen LogP contribution in [-0.2, 0) is 0 Å². The molecule has 0 fully saturated rings. The maximum atomic E-state index is 11.6. The Morgan fingerprint density at radius 1 is 0.793 bits per heavy atom. The summed E-state index contributed by atoms with van der Waals surface area (Å²) >= 11 is 0. The monoisotopic (exact) mass is 391 g/mol. The number of nitro groups is 3. The first-order valence-electron chi connectivity index (χ1n) is 8.02. The molecule has 1 aliphatic rings. The molecule has 0 radical (unpaired) electrons. The van der Waals surface area contributed by atoms with Crippen molar-refractivity contribution >= 4 is 22.6 Å². The molecule has 29 heavy (non-hydrogen) atoms. The van der Waals surface area contributed by atoms with Crippen molar-refractivity contribution in [3.8, 4) is 23.3 Å². The van der Waals surface area contributed by atoms with Crippen molar-refractivity contribution in [3.63, 3.8) is 0 Å². The average Bonchev–Trinajstić information content (AvgIpc) is 3.00. The Balaban J connectivity index is 2.51. The number of non-ortho nitro benzene ring substituents is 2. The van der Waals surface area contributed by atoms with Crippen molar-refractivity contribution in [1.82, 2.24) is 0 Å². The number of nitrogens with zero attached hydrogens (tertiary/aromatic N) is 5. The third-order valence-corrected chi connectivity index (χ3v) is 4.47. The molecule has 0 spiro atoms. The summed E-state index contributed by atoms with van der Waals surface area (Å²) in [5, 5.41) is 52.4. The molecule has 3 rings (SSSR count). The highest BCUT2D eigenvalue weighted by Crippen LogP contribution is 2.52. The summed E-state index contributed by atoms with van der Waals surface area (Å²) in [5.41, 5.74) is -0.237. The largest absolute Gasteiger partial charge is 0.284 e. The summed E-state index contributed by atoms with van der Waals surface area (Å²) in [7, 11) is 0. The van der Waals surface area contributed by atoms with Crippen LogP contribution in [0.5, 0.6) is 0 Å². The smallest absolute Gasteiger partial charge is 0.258 e. The number of nitriles is 2. The van der Waals surface area contributed by atoms with E-state index in [4.69, 9.17) is 10.5 Å². The zero-order valence-electron chi connectivity index (χ0n) is 14.5. The fraction of sp³-hybridized carbons (Fsp3) is 0.111. The minimum Gasteiger partial charge on any atom is -0.258 e. The van der Waals surface area contributed by atoms with Crippen LogP contribution in [0, 0.1) is 53.0 Å². The second-order valence-electron chi connectivity index (χ2n) is 6.04. The van der Waals surface area contributed by atoms with Gasteiger partial charge in [0.2, 0.25) is 0 Å². The van der Waals surface area contributed by atoms with E-state index in [9.17, 15) is 30.3 Å². The van der Waals surface area contributed by atoms with Gasteiger partial charge in [-0.05, 0) is 28.3 Å². The van der Waals surface area contributed by atoms with E-state index >= 15 is 0 Å². The molecule has 0 unspecified atom stereocenters. The minimum absolute atomic E-state index is 0.0638. The summed E-state index contributed by atoms with van der Waals surface area (Å²) in [6, 6.07) is 9.42. The SMILES string of the molecule is N#CCC(CC#N)=C1c2cc([N+](=O)[O-])ccc2-c2c1cc([N+](=O)[O-])cc2[N+](=O)[O-]. The first-order valence-corrected chi connectivity index (χ1v) is 8.02. The lowest BCUT2D eigenvalue weighted by Gasteiger charge is -2.08. The highest BCUT2D eigenvalue weighted by atomic mass is 16.6. The van der Waals surface area contributed by atoms with Gasteiger partial charge in [0.25, 0.3) is 17.1 Å². The number of nitro benzene ring substituents is 3. The van der Waals surface area contributed by atoms with Crippen LogP contribution >= 0.6 is 0 Å². The topological polar surface area (TPSA) is 177 Å². The second kappa shape index (κ2) is 7.17. The molecule has 2 aromatic rings. The van der Waals surface area contributed by atoms with E-state index < -0.39 is 26.1 Å². The molecule has 0 bridgehead atoms. The van der Waals surface area contributed by atoms with Crippen LogP contribution in [0.3, 0.4) is 0 Å². The van der Waals surface area contributed by atoms with E-state index in [-0.39, 0.29) is 51.9 Å². The molecule has 11 nitrogen and oxygen atoms in total. The summed E-state index contributed by atoms with van der Waals surface area (Å²) in [6.07, 6.45) is -0.443. The van der Waals surface area contributed by atoms with E-state index in [0.29, 0.717) is 0 Å². The van der Waals surface area contributed by atoms with Gasteiger partial charge in [0.15, 0.2) is 0 Å². The van der Waals surface area contributed by atoms with E-state index in [2.05, 4.69) is 0 Å². The highest BCUT2D eigenvalue weighted by Gasteiger charge is 2.36. The molecule has 1 aliphatic carbocycles. The Morgan fingerprint density at radius 3 is 1.90 bits per heavy atom. The number of allylic oxidation sites excluding steroid dienone is 1. The van der Waals surface area contributed by atoms with E-state index in [1.54, 1.807) is 0 Å². The molecule has 0 atom stereocenters. The van der Waals surface area contributed by atoms with Gasteiger partial charge in [-0.1, -0.05) is 0 Å². The Bertz CT molecular complexity index is 1200. The van der Waals surface area contributed by atoms with E-state index in [0.717, 1.165) is 12.1 Å². The number of fused-ring (bicyclic) bond motifs is 3. The van der Waals surface area contributed by atoms with Crippen molar-refractivity contribution in [2.75, 3.05) is 0 Å². The van der Waals surface area contributed by atoms with Crippen molar-refractivity contribution in [2.24, 2.45) is 0 Å². The lowest BCUT2D eigenvalue weighted by Crippen LogP contribution is -1.97. The van der Waals surface area contributed by atoms with Crippen molar-refractivity contribution < 1.29 is 14.8 Å². The molecule has 11 heteroatoms. The third kappa shape index (κ3) is 3.13. The zero-order chi connectivity index (χ0) is 21.3. The van der Waals surface area contributed by atoms with Crippen molar-refractivity contribution in [2.45, 2.75) is 12.8 Å². The first kappa shape index (κ1) is 19.1. The number of rotatable bonds is 5. The quantitative estimate of drug-likeness (QED) is 0.462. The number of hydrogen-bond acceptors (Lipinski definition) is 8.